The lowest BCUT2D eigenvalue weighted by molar-refractivity contribution is -0.132. The van der Waals surface area contributed by atoms with Gasteiger partial charge in [-0.3, -0.25) is 0 Å². The topological polar surface area (TPSA) is 37.3 Å². The van der Waals surface area contributed by atoms with Gasteiger partial charge in [0.05, 0.1) is 0 Å². The van der Waals surface area contributed by atoms with E-state index in [0.717, 1.165) is 6.42 Å². The molecule has 10 heavy (non-hydrogen) atoms. The third kappa shape index (κ3) is 15.8. The largest absolute Gasteiger partial charge is 0.478 e. The SMILES string of the molecule is C=C(C)C(=O)O.C=CCC. The molecule has 0 aromatic rings. The quantitative estimate of drug-likeness (QED) is 0.474. The Kier molecular flexibility index (Phi) is 9.31. The van der Waals surface area contributed by atoms with Gasteiger partial charge in [0.25, 0.3) is 0 Å². The Morgan fingerprint density at radius 3 is 1.90 bits per heavy atom. The molecule has 0 radical (unpaired) electrons. The minimum atomic E-state index is -0.935. The second kappa shape index (κ2) is 7.95. The average molecular weight is 142 g/mol. The number of rotatable bonds is 2. The standard InChI is InChI=1S/C4H6O2.C4H8/c1-3(2)4(5)6;1-3-4-2/h1H2,2H3,(H,5,6);3H,1,4H2,2H3. The van der Waals surface area contributed by atoms with Gasteiger partial charge in [-0.05, 0) is 13.3 Å². The normalized spacial score (nSPS) is 7.00. The van der Waals surface area contributed by atoms with E-state index < -0.39 is 5.97 Å². The van der Waals surface area contributed by atoms with Crippen molar-refractivity contribution in [1.82, 2.24) is 0 Å². The van der Waals surface area contributed by atoms with Gasteiger partial charge in [-0.15, -0.1) is 6.58 Å². The van der Waals surface area contributed by atoms with Crippen LogP contribution < -0.4 is 0 Å². The van der Waals surface area contributed by atoms with Crippen molar-refractivity contribution >= 4 is 5.97 Å². The third-order valence-electron chi connectivity index (χ3n) is 0.654. The number of carboxylic acid groups (broad SMARTS) is 1. The van der Waals surface area contributed by atoms with Crippen molar-refractivity contribution in [2.45, 2.75) is 20.3 Å². The summed E-state index contributed by atoms with van der Waals surface area (Å²) < 4.78 is 0. The van der Waals surface area contributed by atoms with E-state index in [-0.39, 0.29) is 5.57 Å². The third-order valence-corrected chi connectivity index (χ3v) is 0.654. The summed E-state index contributed by atoms with van der Waals surface area (Å²) in [6.07, 6.45) is 2.96. The van der Waals surface area contributed by atoms with Crippen LogP contribution >= 0.6 is 0 Å². The Bertz CT molecular complexity index is 113. The smallest absolute Gasteiger partial charge is 0.330 e. The van der Waals surface area contributed by atoms with Gasteiger partial charge in [0.15, 0.2) is 0 Å². The molecule has 0 aliphatic rings. The monoisotopic (exact) mass is 142 g/mol. The van der Waals surface area contributed by atoms with Gasteiger partial charge in [0.1, 0.15) is 0 Å². The van der Waals surface area contributed by atoms with Gasteiger partial charge in [-0.25, -0.2) is 4.79 Å². The Labute approximate surface area is 61.9 Å². The predicted octanol–water partition coefficient (Wildman–Crippen LogP) is 2.23. The van der Waals surface area contributed by atoms with Gasteiger partial charge in [0.2, 0.25) is 0 Å². The summed E-state index contributed by atoms with van der Waals surface area (Å²) >= 11 is 0. The van der Waals surface area contributed by atoms with E-state index in [9.17, 15) is 4.79 Å². The highest BCUT2D eigenvalue weighted by molar-refractivity contribution is 5.84. The van der Waals surface area contributed by atoms with Crippen LogP contribution in [0.25, 0.3) is 0 Å². The molecule has 0 saturated heterocycles. The van der Waals surface area contributed by atoms with Crippen molar-refractivity contribution in [3.05, 3.63) is 24.8 Å². The van der Waals surface area contributed by atoms with Gasteiger partial charge in [-0.1, -0.05) is 19.6 Å². The van der Waals surface area contributed by atoms with Crippen LogP contribution in [0.4, 0.5) is 0 Å². The number of carbonyl (C=O) groups is 1. The zero-order chi connectivity index (χ0) is 8.57. The summed E-state index contributed by atoms with van der Waals surface area (Å²) in [6, 6.07) is 0. The van der Waals surface area contributed by atoms with Crippen molar-refractivity contribution in [3.63, 3.8) is 0 Å². The van der Waals surface area contributed by atoms with Crippen LogP contribution in [0, 0.1) is 0 Å². The molecule has 2 nitrogen and oxygen atoms in total. The molecule has 0 aliphatic heterocycles. The Balaban J connectivity index is 0. The van der Waals surface area contributed by atoms with Gasteiger partial charge >= 0.3 is 5.97 Å². The number of hydrogen-bond acceptors (Lipinski definition) is 1. The van der Waals surface area contributed by atoms with Crippen molar-refractivity contribution < 1.29 is 9.90 Å². The summed E-state index contributed by atoms with van der Waals surface area (Å²) in [7, 11) is 0. The molecule has 0 rings (SSSR count). The van der Waals surface area contributed by atoms with Crippen LogP contribution in [0.2, 0.25) is 0 Å². The van der Waals surface area contributed by atoms with E-state index in [1.165, 1.54) is 6.92 Å². The van der Waals surface area contributed by atoms with Gasteiger partial charge in [0, 0.05) is 5.57 Å². The van der Waals surface area contributed by atoms with Crippen molar-refractivity contribution in [1.29, 1.82) is 0 Å². The maximum Gasteiger partial charge on any atom is 0.330 e. The number of allylic oxidation sites excluding steroid dienone is 1. The fraction of sp³-hybridized carbons (Fsp3) is 0.375. The maximum atomic E-state index is 9.60. The molecular formula is C8H14O2. The van der Waals surface area contributed by atoms with Crippen molar-refractivity contribution in [3.8, 4) is 0 Å². The highest BCUT2D eigenvalue weighted by Gasteiger charge is 1.90. The highest BCUT2D eigenvalue weighted by Crippen LogP contribution is 1.81. The first-order valence-electron chi connectivity index (χ1n) is 3.05. The first-order chi connectivity index (χ1) is 4.56. The maximum absolute atomic E-state index is 9.60. The molecule has 0 aliphatic carbocycles. The zero-order valence-corrected chi connectivity index (χ0v) is 6.55. The first-order valence-corrected chi connectivity index (χ1v) is 3.05. The Hall–Kier alpha value is -1.05. The zero-order valence-electron chi connectivity index (χ0n) is 6.55. The lowest BCUT2D eigenvalue weighted by Gasteiger charge is -1.79. The van der Waals surface area contributed by atoms with Crippen molar-refractivity contribution in [2.24, 2.45) is 0 Å². The summed E-state index contributed by atoms with van der Waals surface area (Å²) in [4.78, 5) is 9.60. The molecule has 1 N–H and O–H groups in total. The molecule has 58 valence electrons. The molecule has 0 fully saturated rings. The van der Waals surface area contributed by atoms with E-state index in [2.05, 4.69) is 20.1 Å². The molecule has 0 aromatic carbocycles. The molecule has 0 spiro atoms. The predicted molar refractivity (Wildman–Crippen MR) is 42.9 cm³/mol. The molecule has 0 bridgehead atoms. The lowest BCUT2D eigenvalue weighted by atomic mass is 10.4. The number of aliphatic carboxylic acids is 1. The van der Waals surface area contributed by atoms with Crippen LogP contribution in [-0.4, -0.2) is 11.1 Å². The molecule has 0 atom stereocenters. The number of hydrogen-bond donors (Lipinski definition) is 1. The molecule has 0 saturated carbocycles. The van der Waals surface area contributed by atoms with Crippen molar-refractivity contribution in [2.75, 3.05) is 0 Å². The van der Waals surface area contributed by atoms with Crippen LogP contribution in [0.3, 0.4) is 0 Å². The first kappa shape index (κ1) is 11.7. The molecule has 0 unspecified atom stereocenters. The van der Waals surface area contributed by atoms with Gasteiger partial charge in [-0.2, -0.15) is 0 Å². The average Bonchev–Trinajstić information content (AvgIpc) is 1.89. The van der Waals surface area contributed by atoms with E-state index in [0.29, 0.717) is 0 Å². The summed E-state index contributed by atoms with van der Waals surface area (Å²) in [5, 5.41) is 7.89. The number of carboxylic acids is 1. The van der Waals surface area contributed by atoms with Crippen LogP contribution in [-0.2, 0) is 4.79 Å². The second-order valence-electron chi connectivity index (χ2n) is 1.78. The summed E-state index contributed by atoms with van der Waals surface area (Å²) in [5.41, 5.74) is 0.176. The van der Waals surface area contributed by atoms with Crippen LogP contribution in [0.5, 0.6) is 0 Å². The minimum Gasteiger partial charge on any atom is -0.478 e. The minimum absolute atomic E-state index is 0.176. The highest BCUT2D eigenvalue weighted by atomic mass is 16.4. The Morgan fingerprint density at radius 1 is 1.70 bits per heavy atom. The fourth-order valence-electron chi connectivity index (χ4n) is 0. The van der Waals surface area contributed by atoms with E-state index in [4.69, 9.17) is 5.11 Å². The molecule has 2 heteroatoms. The van der Waals surface area contributed by atoms with E-state index >= 15 is 0 Å². The van der Waals surface area contributed by atoms with E-state index in [1.54, 1.807) is 0 Å². The summed E-state index contributed by atoms with van der Waals surface area (Å²) in [6.45, 7) is 10.1. The molecular weight excluding hydrogens is 128 g/mol. The fourth-order valence-corrected chi connectivity index (χ4v) is 0. The molecule has 0 amide bonds. The van der Waals surface area contributed by atoms with Crippen LogP contribution in [0.15, 0.2) is 24.8 Å². The Morgan fingerprint density at radius 2 is 1.90 bits per heavy atom. The van der Waals surface area contributed by atoms with Gasteiger partial charge < -0.3 is 5.11 Å². The van der Waals surface area contributed by atoms with Crippen LogP contribution in [0.1, 0.15) is 20.3 Å². The summed E-state index contributed by atoms with van der Waals surface area (Å²) in [5.74, 6) is -0.935. The van der Waals surface area contributed by atoms with E-state index in [1.807, 2.05) is 6.08 Å². The molecule has 0 heterocycles. The second-order valence-corrected chi connectivity index (χ2v) is 1.78. The lowest BCUT2D eigenvalue weighted by Crippen LogP contribution is -1.92. The molecule has 0 aromatic heterocycles.